The zero-order valence-corrected chi connectivity index (χ0v) is 10.2. The maximum Gasteiger partial charge on any atom is 0.274 e. The number of carbonyl (C=O) groups excluding carboxylic acids is 1. The molecule has 1 fully saturated rings. The molecule has 0 atom stereocenters. The fourth-order valence-electron chi connectivity index (χ4n) is 2.06. The van der Waals surface area contributed by atoms with Crippen molar-refractivity contribution in [3.8, 4) is 0 Å². The molecule has 0 spiro atoms. The van der Waals surface area contributed by atoms with Gasteiger partial charge in [-0.1, -0.05) is 0 Å². The third kappa shape index (κ3) is 2.77. The van der Waals surface area contributed by atoms with E-state index in [0.29, 0.717) is 31.0 Å². The second-order valence-electron chi connectivity index (χ2n) is 4.30. The molecule has 2 rings (SSSR count). The van der Waals surface area contributed by atoms with Crippen LogP contribution in [-0.4, -0.2) is 65.1 Å². The van der Waals surface area contributed by atoms with Gasteiger partial charge in [0.25, 0.3) is 5.91 Å². The van der Waals surface area contributed by atoms with Gasteiger partial charge in [-0.15, -0.1) is 0 Å². The van der Waals surface area contributed by atoms with Crippen LogP contribution in [0.2, 0.25) is 0 Å². The van der Waals surface area contributed by atoms with Gasteiger partial charge >= 0.3 is 0 Å². The fourth-order valence-corrected chi connectivity index (χ4v) is 2.06. The molecule has 0 unspecified atom stereocenters. The Kier molecular flexibility index (Phi) is 4.11. The first-order valence-corrected chi connectivity index (χ1v) is 6.05. The Hall–Kier alpha value is -1.66. The van der Waals surface area contributed by atoms with Crippen molar-refractivity contribution in [2.75, 3.05) is 45.1 Å². The number of nitrogens with zero attached hydrogens (tertiary/aromatic N) is 3. The van der Waals surface area contributed by atoms with Crippen molar-refractivity contribution in [1.82, 2.24) is 14.8 Å². The van der Waals surface area contributed by atoms with Crippen LogP contribution >= 0.6 is 0 Å². The van der Waals surface area contributed by atoms with Crippen LogP contribution in [0.3, 0.4) is 0 Å². The number of pyridine rings is 1. The lowest BCUT2D eigenvalue weighted by Crippen LogP contribution is -2.49. The van der Waals surface area contributed by atoms with E-state index in [9.17, 15) is 4.79 Å². The molecule has 1 saturated heterocycles. The van der Waals surface area contributed by atoms with Gasteiger partial charge in [-0.2, -0.15) is 0 Å². The maximum atomic E-state index is 12.2. The van der Waals surface area contributed by atoms with Gasteiger partial charge in [0.15, 0.2) is 5.69 Å². The number of aliphatic hydroxyl groups is 1. The molecule has 1 aliphatic heterocycles. The minimum Gasteiger partial charge on any atom is -0.397 e. The number of carbonyl (C=O) groups is 1. The number of amides is 1. The van der Waals surface area contributed by atoms with Gasteiger partial charge in [0.05, 0.1) is 12.3 Å². The summed E-state index contributed by atoms with van der Waals surface area (Å²) in [6.45, 7) is 3.66. The van der Waals surface area contributed by atoms with E-state index in [2.05, 4.69) is 9.88 Å². The molecule has 0 radical (unpaired) electrons. The summed E-state index contributed by atoms with van der Waals surface area (Å²) in [7, 11) is 0. The number of nitrogens with two attached hydrogens (primary N) is 1. The van der Waals surface area contributed by atoms with Crippen molar-refractivity contribution >= 4 is 11.6 Å². The molecule has 98 valence electrons. The first-order valence-electron chi connectivity index (χ1n) is 6.05. The molecule has 1 aromatic heterocycles. The molecule has 6 nitrogen and oxygen atoms in total. The molecule has 2 heterocycles. The van der Waals surface area contributed by atoms with Crippen molar-refractivity contribution in [1.29, 1.82) is 0 Å². The van der Waals surface area contributed by atoms with Crippen LogP contribution in [-0.2, 0) is 0 Å². The summed E-state index contributed by atoms with van der Waals surface area (Å²) < 4.78 is 0. The number of β-amino-alcohol motifs (C(OH)–C–C–N with tert-alkyl or cyclic N) is 1. The lowest BCUT2D eigenvalue weighted by molar-refractivity contribution is 0.0610. The number of hydrogen-bond donors (Lipinski definition) is 2. The highest BCUT2D eigenvalue weighted by molar-refractivity contribution is 5.97. The summed E-state index contributed by atoms with van der Waals surface area (Å²) in [4.78, 5) is 20.1. The average molecular weight is 250 g/mol. The summed E-state index contributed by atoms with van der Waals surface area (Å²) in [6.07, 6.45) is 1.58. The number of aliphatic hydroxyl groups excluding tert-OH is 1. The Balaban J connectivity index is 1.98. The summed E-state index contributed by atoms with van der Waals surface area (Å²) in [5.41, 5.74) is 6.49. The van der Waals surface area contributed by atoms with E-state index < -0.39 is 0 Å². The molecule has 6 heteroatoms. The van der Waals surface area contributed by atoms with E-state index >= 15 is 0 Å². The standard InChI is InChI=1S/C12H18N4O2/c13-10-2-1-3-14-11(10)12(18)16-6-4-15(5-7-16)8-9-17/h1-3,17H,4-9,13H2. The molecule has 1 amide bonds. The molecule has 1 aromatic rings. The van der Waals surface area contributed by atoms with Crippen LogP contribution in [0.4, 0.5) is 5.69 Å². The van der Waals surface area contributed by atoms with Crippen molar-refractivity contribution < 1.29 is 9.90 Å². The molecule has 0 saturated carbocycles. The lowest BCUT2D eigenvalue weighted by Gasteiger charge is -2.34. The van der Waals surface area contributed by atoms with E-state index in [0.717, 1.165) is 13.1 Å². The zero-order chi connectivity index (χ0) is 13.0. The highest BCUT2D eigenvalue weighted by atomic mass is 16.3. The Labute approximate surface area is 106 Å². The van der Waals surface area contributed by atoms with Gasteiger partial charge in [-0.05, 0) is 12.1 Å². The first kappa shape index (κ1) is 12.8. The van der Waals surface area contributed by atoms with Crippen LogP contribution < -0.4 is 5.73 Å². The second-order valence-corrected chi connectivity index (χ2v) is 4.30. The van der Waals surface area contributed by atoms with Crippen molar-refractivity contribution in [3.05, 3.63) is 24.0 Å². The molecular formula is C12H18N4O2. The van der Waals surface area contributed by atoms with Crippen LogP contribution in [0, 0.1) is 0 Å². The van der Waals surface area contributed by atoms with Crippen LogP contribution in [0.25, 0.3) is 0 Å². The quantitative estimate of drug-likeness (QED) is 0.749. The Morgan fingerprint density at radius 1 is 1.39 bits per heavy atom. The first-order chi connectivity index (χ1) is 8.72. The van der Waals surface area contributed by atoms with Crippen molar-refractivity contribution in [2.45, 2.75) is 0 Å². The van der Waals surface area contributed by atoms with E-state index in [1.54, 1.807) is 23.2 Å². The number of anilines is 1. The van der Waals surface area contributed by atoms with Gasteiger partial charge in [0.1, 0.15) is 0 Å². The van der Waals surface area contributed by atoms with Gasteiger partial charge in [0, 0.05) is 38.9 Å². The molecule has 0 bridgehead atoms. The summed E-state index contributed by atoms with van der Waals surface area (Å²) in [5.74, 6) is -0.114. The molecule has 0 aromatic carbocycles. The third-order valence-corrected chi connectivity index (χ3v) is 3.12. The topological polar surface area (TPSA) is 82.7 Å². The highest BCUT2D eigenvalue weighted by Crippen LogP contribution is 2.12. The molecular weight excluding hydrogens is 232 g/mol. The Bertz CT molecular complexity index is 416. The lowest BCUT2D eigenvalue weighted by atomic mass is 10.2. The van der Waals surface area contributed by atoms with Crippen molar-refractivity contribution in [2.24, 2.45) is 0 Å². The summed E-state index contributed by atoms with van der Waals surface area (Å²) >= 11 is 0. The minimum absolute atomic E-state index is 0.114. The van der Waals surface area contributed by atoms with Gasteiger partial charge in [-0.25, -0.2) is 4.98 Å². The zero-order valence-electron chi connectivity index (χ0n) is 10.2. The average Bonchev–Trinajstić information content (AvgIpc) is 2.40. The van der Waals surface area contributed by atoms with Crippen molar-refractivity contribution in [3.63, 3.8) is 0 Å². The number of rotatable bonds is 3. The summed E-state index contributed by atoms with van der Waals surface area (Å²) in [6, 6.07) is 3.40. The Morgan fingerprint density at radius 2 is 2.11 bits per heavy atom. The predicted molar refractivity (Wildman–Crippen MR) is 68.1 cm³/mol. The largest absolute Gasteiger partial charge is 0.397 e. The maximum absolute atomic E-state index is 12.2. The fraction of sp³-hybridized carbons (Fsp3) is 0.500. The highest BCUT2D eigenvalue weighted by Gasteiger charge is 2.23. The normalized spacial score (nSPS) is 16.8. The minimum atomic E-state index is -0.114. The second kappa shape index (κ2) is 5.79. The molecule has 18 heavy (non-hydrogen) atoms. The van der Waals surface area contributed by atoms with E-state index in [-0.39, 0.29) is 12.5 Å². The van der Waals surface area contributed by atoms with E-state index in [1.807, 2.05) is 0 Å². The smallest absolute Gasteiger partial charge is 0.274 e. The number of nitrogen functional groups attached to an aromatic ring is 1. The van der Waals surface area contributed by atoms with Gasteiger partial charge < -0.3 is 15.7 Å². The van der Waals surface area contributed by atoms with Gasteiger partial charge in [0.2, 0.25) is 0 Å². The summed E-state index contributed by atoms with van der Waals surface area (Å²) in [5, 5.41) is 8.86. The third-order valence-electron chi connectivity index (χ3n) is 3.12. The predicted octanol–water partition coefficient (Wildman–Crippen LogP) is -0.586. The SMILES string of the molecule is Nc1cccnc1C(=O)N1CCN(CCO)CC1. The number of piperazine rings is 1. The Morgan fingerprint density at radius 3 is 2.72 bits per heavy atom. The van der Waals surface area contributed by atoms with Crippen LogP contribution in [0.15, 0.2) is 18.3 Å². The van der Waals surface area contributed by atoms with Crippen LogP contribution in [0.5, 0.6) is 0 Å². The number of hydrogen-bond acceptors (Lipinski definition) is 5. The van der Waals surface area contributed by atoms with E-state index in [1.165, 1.54) is 0 Å². The van der Waals surface area contributed by atoms with Gasteiger partial charge in [-0.3, -0.25) is 9.69 Å². The molecule has 3 N–H and O–H groups in total. The molecule has 1 aliphatic rings. The van der Waals surface area contributed by atoms with E-state index in [4.69, 9.17) is 10.8 Å². The molecule has 0 aliphatic carbocycles. The number of aromatic nitrogens is 1. The van der Waals surface area contributed by atoms with Crippen LogP contribution in [0.1, 0.15) is 10.5 Å². The monoisotopic (exact) mass is 250 g/mol.